The molecule has 5 nitrogen and oxygen atoms in total. The van der Waals surface area contributed by atoms with E-state index >= 15 is 0 Å². The van der Waals surface area contributed by atoms with Crippen molar-refractivity contribution in [2.45, 2.75) is 13.3 Å². The first kappa shape index (κ1) is 18.3. The number of amides is 1. The summed E-state index contributed by atoms with van der Waals surface area (Å²) in [5.41, 5.74) is 1.50. The van der Waals surface area contributed by atoms with Crippen LogP contribution in [0, 0.1) is 5.82 Å². The van der Waals surface area contributed by atoms with Gasteiger partial charge >= 0.3 is 0 Å². The number of sulfonamides is 1. The van der Waals surface area contributed by atoms with Gasteiger partial charge < -0.3 is 5.32 Å². The molecule has 122 valence electrons. The van der Waals surface area contributed by atoms with Crippen LogP contribution in [0.1, 0.15) is 18.9 Å². The van der Waals surface area contributed by atoms with Crippen LogP contribution in [-0.4, -0.2) is 45.0 Å². The summed E-state index contributed by atoms with van der Waals surface area (Å²) in [5.74, 6) is -0.583. The summed E-state index contributed by atoms with van der Waals surface area (Å²) in [5, 5.41) is 2.69. The number of allylic oxidation sites excluding steroid dienone is 1. The molecule has 1 N–H and O–H groups in total. The molecule has 0 radical (unpaired) electrons. The van der Waals surface area contributed by atoms with E-state index in [-0.39, 0.29) is 11.7 Å². The number of carbonyl (C=O) groups excluding carboxylic acids is 1. The minimum atomic E-state index is -3.18. The third-order valence-corrected chi connectivity index (χ3v) is 4.48. The summed E-state index contributed by atoms with van der Waals surface area (Å²) in [6, 6.07) is 5.89. The Morgan fingerprint density at radius 2 is 1.91 bits per heavy atom. The van der Waals surface area contributed by atoms with Crippen LogP contribution in [-0.2, 0) is 14.8 Å². The molecule has 1 aromatic rings. The maximum absolute atomic E-state index is 12.8. The van der Waals surface area contributed by atoms with Gasteiger partial charge in [-0.2, -0.15) is 0 Å². The summed E-state index contributed by atoms with van der Waals surface area (Å²) in [7, 11) is -1.69. The number of halogens is 1. The van der Waals surface area contributed by atoms with Crippen molar-refractivity contribution in [1.29, 1.82) is 0 Å². The van der Waals surface area contributed by atoms with Gasteiger partial charge in [-0.25, -0.2) is 17.1 Å². The molecular formula is C15H21FN2O3S. The second-order valence-electron chi connectivity index (χ2n) is 5.06. The zero-order chi connectivity index (χ0) is 16.8. The van der Waals surface area contributed by atoms with Crippen LogP contribution >= 0.6 is 0 Å². The largest absolute Gasteiger partial charge is 0.352 e. The highest BCUT2D eigenvalue weighted by Crippen LogP contribution is 2.13. The van der Waals surface area contributed by atoms with E-state index in [2.05, 4.69) is 5.32 Å². The molecule has 1 rings (SSSR count). The lowest BCUT2D eigenvalue weighted by Crippen LogP contribution is -2.30. The highest BCUT2D eigenvalue weighted by molar-refractivity contribution is 7.88. The Kier molecular flexibility index (Phi) is 6.70. The van der Waals surface area contributed by atoms with Crippen LogP contribution in [0.25, 0.3) is 5.57 Å². The van der Waals surface area contributed by atoms with Gasteiger partial charge in [-0.3, -0.25) is 4.79 Å². The zero-order valence-electron chi connectivity index (χ0n) is 13.0. The number of rotatable bonds is 7. The molecule has 0 atom stereocenters. The van der Waals surface area contributed by atoms with Crippen molar-refractivity contribution >= 4 is 21.5 Å². The molecule has 0 heterocycles. The third-order valence-electron chi connectivity index (χ3n) is 3.16. The van der Waals surface area contributed by atoms with E-state index in [0.29, 0.717) is 19.5 Å². The van der Waals surface area contributed by atoms with Gasteiger partial charge in [0.25, 0.3) is 0 Å². The number of hydrogen-bond donors (Lipinski definition) is 1. The molecule has 0 aliphatic heterocycles. The van der Waals surface area contributed by atoms with E-state index < -0.39 is 10.0 Å². The molecule has 0 unspecified atom stereocenters. The van der Waals surface area contributed by atoms with Crippen LogP contribution in [0.4, 0.5) is 4.39 Å². The van der Waals surface area contributed by atoms with Crippen molar-refractivity contribution in [3.8, 4) is 0 Å². The van der Waals surface area contributed by atoms with Gasteiger partial charge in [-0.05, 0) is 36.6 Å². The van der Waals surface area contributed by atoms with E-state index in [1.807, 2.05) is 0 Å². The van der Waals surface area contributed by atoms with Gasteiger partial charge in [0, 0.05) is 26.2 Å². The molecule has 1 aromatic carbocycles. The Labute approximate surface area is 130 Å². The lowest BCUT2D eigenvalue weighted by molar-refractivity contribution is -0.116. The van der Waals surface area contributed by atoms with Gasteiger partial charge in [0.2, 0.25) is 15.9 Å². The van der Waals surface area contributed by atoms with Crippen LogP contribution in [0.3, 0.4) is 0 Å². The molecule has 22 heavy (non-hydrogen) atoms. The second kappa shape index (κ2) is 8.05. The number of nitrogens with zero attached hydrogens (tertiary/aromatic N) is 1. The predicted octanol–water partition coefficient (Wildman–Crippen LogP) is 1.63. The van der Waals surface area contributed by atoms with Gasteiger partial charge in [0.1, 0.15) is 5.82 Å². The smallest absolute Gasteiger partial charge is 0.244 e. The first-order valence-electron chi connectivity index (χ1n) is 6.83. The van der Waals surface area contributed by atoms with E-state index in [1.165, 1.54) is 29.6 Å². The summed E-state index contributed by atoms with van der Waals surface area (Å²) < 4.78 is 36.4. The van der Waals surface area contributed by atoms with Crippen molar-refractivity contribution in [3.63, 3.8) is 0 Å². The molecular weight excluding hydrogens is 307 g/mol. The quantitative estimate of drug-likeness (QED) is 0.611. The number of benzene rings is 1. The van der Waals surface area contributed by atoms with Crippen LogP contribution in [0.5, 0.6) is 0 Å². The summed E-state index contributed by atoms with van der Waals surface area (Å²) >= 11 is 0. The van der Waals surface area contributed by atoms with Crippen molar-refractivity contribution < 1.29 is 17.6 Å². The molecule has 0 aromatic heterocycles. The molecule has 7 heteroatoms. The fraction of sp³-hybridized carbons (Fsp3) is 0.400. The van der Waals surface area contributed by atoms with Gasteiger partial charge in [0.05, 0.1) is 6.26 Å². The molecule has 0 spiro atoms. The lowest BCUT2D eigenvalue weighted by atomic mass is 10.1. The molecule has 1 amide bonds. The van der Waals surface area contributed by atoms with E-state index in [1.54, 1.807) is 19.1 Å². The highest BCUT2D eigenvalue weighted by atomic mass is 32.2. The standard InChI is InChI=1S/C15H21FN2O3S/c1-12(13-5-7-14(16)8-6-13)11-15(19)17-9-4-10-18(2)22(3,20)21/h5-8,11H,4,9-10H2,1-3H3,(H,17,19). The third kappa shape index (κ3) is 6.36. The van der Waals surface area contributed by atoms with Crippen LogP contribution < -0.4 is 5.32 Å². The molecule has 0 saturated heterocycles. The van der Waals surface area contributed by atoms with Gasteiger partial charge in [-0.1, -0.05) is 12.1 Å². The Balaban J connectivity index is 2.43. The Morgan fingerprint density at radius 1 is 1.32 bits per heavy atom. The van der Waals surface area contributed by atoms with E-state index in [0.717, 1.165) is 17.4 Å². The SMILES string of the molecule is CC(=CC(=O)NCCCN(C)S(C)(=O)=O)c1ccc(F)cc1. The Bertz CT molecular complexity index is 639. The Hall–Kier alpha value is -1.73. The predicted molar refractivity (Wildman–Crippen MR) is 85.2 cm³/mol. The normalized spacial score (nSPS) is 12.5. The molecule has 0 aliphatic carbocycles. The second-order valence-corrected chi connectivity index (χ2v) is 7.15. The topological polar surface area (TPSA) is 66.5 Å². The zero-order valence-corrected chi connectivity index (χ0v) is 13.8. The molecule has 0 bridgehead atoms. The molecule has 0 aliphatic rings. The summed E-state index contributed by atoms with van der Waals surface area (Å²) in [6.07, 6.45) is 3.10. The Morgan fingerprint density at radius 3 is 2.45 bits per heavy atom. The average Bonchev–Trinajstić information content (AvgIpc) is 2.42. The lowest BCUT2D eigenvalue weighted by Gasteiger charge is -2.13. The van der Waals surface area contributed by atoms with Crippen molar-refractivity contribution in [3.05, 3.63) is 41.7 Å². The first-order valence-corrected chi connectivity index (χ1v) is 8.68. The summed E-state index contributed by atoms with van der Waals surface area (Å²) in [4.78, 5) is 11.7. The first-order chi connectivity index (χ1) is 10.2. The highest BCUT2D eigenvalue weighted by Gasteiger charge is 2.09. The minimum Gasteiger partial charge on any atom is -0.352 e. The number of nitrogens with one attached hydrogen (secondary N) is 1. The van der Waals surface area contributed by atoms with Crippen molar-refractivity contribution in [1.82, 2.24) is 9.62 Å². The van der Waals surface area contributed by atoms with Gasteiger partial charge in [-0.15, -0.1) is 0 Å². The van der Waals surface area contributed by atoms with Crippen LogP contribution in [0.2, 0.25) is 0 Å². The molecule has 0 fully saturated rings. The van der Waals surface area contributed by atoms with E-state index in [4.69, 9.17) is 0 Å². The number of hydrogen-bond acceptors (Lipinski definition) is 3. The van der Waals surface area contributed by atoms with Crippen molar-refractivity contribution in [2.75, 3.05) is 26.4 Å². The molecule has 0 saturated carbocycles. The fourth-order valence-corrected chi connectivity index (χ4v) is 2.18. The maximum Gasteiger partial charge on any atom is 0.244 e. The maximum atomic E-state index is 12.8. The number of carbonyl (C=O) groups is 1. The average molecular weight is 328 g/mol. The van der Waals surface area contributed by atoms with Gasteiger partial charge in [0.15, 0.2) is 0 Å². The van der Waals surface area contributed by atoms with Crippen LogP contribution in [0.15, 0.2) is 30.3 Å². The fourth-order valence-electron chi connectivity index (χ4n) is 1.72. The minimum absolute atomic E-state index is 0.260. The van der Waals surface area contributed by atoms with E-state index in [9.17, 15) is 17.6 Å². The summed E-state index contributed by atoms with van der Waals surface area (Å²) in [6.45, 7) is 2.50. The monoisotopic (exact) mass is 328 g/mol. The van der Waals surface area contributed by atoms with Crippen molar-refractivity contribution in [2.24, 2.45) is 0 Å².